The summed E-state index contributed by atoms with van der Waals surface area (Å²) in [6, 6.07) is 5.63. The minimum atomic E-state index is -0.609. The van der Waals surface area contributed by atoms with Crippen LogP contribution in [0.4, 0.5) is 15.0 Å². The number of hydrogen-bond acceptors (Lipinski definition) is 9. The zero-order valence-electron chi connectivity index (χ0n) is 22.4. The number of carbonyl (C=O) groups excluding carboxylic acids is 2. The highest BCUT2D eigenvalue weighted by Gasteiger charge is 2.46. The van der Waals surface area contributed by atoms with Gasteiger partial charge >= 0.3 is 12.1 Å². The van der Waals surface area contributed by atoms with E-state index in [1.165, 1.54) is 22.8 Å². The van der Waals surface area contributed by atoms with E-state index in [2.05, 4.69) is 15.4 Å². The number of esters is 1. The van der Waals surface area contributed by atoms with E-state index >= 15 is 0 Å². The molecule has 2 aliphatic rings. The Balaban J connectivity index is 1.37. The zero-order chi connectivity index (χ0) is 27.8. The van der Waals surface area contributed by atoms with Crippen LogP contribution in [0.5, 0.6) is 5.75 Å². The summed E-state index contributed by atoms with van der Waals surface area (Å²) in [5.74, 6) is -0.0322. The molecule has 39 heavy (non-hydrogen) atoms. The van der Waals surface area contributed by atoms with Gasteiger partial charge in [-0.25, -0.2) is 28.5 Å². The highest BCUT2D eigenvalue weighted by molar-refractivity contribution is 5.95. The number of amides is 1. The summed E-state index contributed by atoms with van der Waals surface area (Å²) in [5.41, 5.74) is -0.00212. The standard InChI is InChI=1S/C27H32FN5O6/c1-5-36-24(34)19-15-29-32-12-8-22(30-23(19)32)33-20(9-13-38-33)18-14-17(28)6-7-21(18)37-16-27(10-11-27)31-25(35)39-26(2,3)4/h6-8,12,14-15,20H,5,9-11,13,16H2,1-4H3,(H,31,35). The first kappa shape index (κ1) is 26.7. The second-order valence-electron chi connectivity index (χ2n) is 10.7. The molecule has 1 amide bonds. The fourth-order valence-electron chi connectivity index (χ4n) is 4.42. The molecule has 0 spiro atoms. The molecule has 208 valence electrons. The predicted molar refractivity (Wildman–Crippen MR) is 138 cm³/mol. The molecule has 0 radical (unpaired) electrons. The maximum absolute atomic E-state index is 14.5. The van der Waals surface area contributed by atoms with Crippen LogP contribution in [0.1, 0.15) is 68.9 Å². The molecule has 1 saturated heterocycles. The molecular weight excluding hydrogens is 509 g/mol. The van der Waals surface area contributed by atoms with Gasteiger partial charge in [-0.15, -0.1) is 0 Å². The van der Waals surface area contributed by atoms with Crippen molar-refractivity contribution < 1.29 is 33.0 Å². The van der Waals surface area contributed by atoms with Crippen LogP contribution in [0, 0.1) is 5.82 Å². The van der Waals surface area contributed by atoms with Crippen LogP contribution in [-0.2, 0) is 14.3 Å². The van der Waals surface area contributed by atoms with E-state index in [1.54, 1.807) is 51.1 Å². The SMILES string of the molecule is CCOC(=O)c1cnn2ccc(N3OCCC3c3cc(F)ccc3OCC3(NC(=O)OC(C)(C)C)CC3)nc12. The predicted octanol–water partition coefficient (Wildman–Crippen LogP) is 4.36. The van der Waals surface area contributed by atoms with Gasteiger partial charge < -0.3 is 19.5 Å². The largest absolute Gasteiger partial charge is 0.491 e. The number of fused-ring (bicyclic) bond motifs is 1. The van der Waals surface area contributed by atoms with Crippen molar-refractivity contribution in [1.29, 1.82) is 0 Å². The lowest BCUT2D eigenvalue weighted by molar-refractivity contribution is 0.0474. The second-order valence-corrected chi connectivity index (χ2v) is 10.7. The molecule has 1 N–H and O–H groups in total. The quantitative estimate of drug-likeness (QED) is 0.415. The van der Waals surface area contributed by atoms with Gasteiger partial charge in [-0.3, -0.25) is 4.84 Å². The van der Waals surface area contributed by atoms with Crippen molar-refractivity contribution in [3.05, 3.63) is 53.6 Å². The van der Waals surface area contributed by atoms with Gasteiger partial charge in [0.1, 0.15) is 29.3 Å². The fraction of sp³-hybridized carbons (Fsp3) is 0.481. The molecule has 5 rings (SSSR count). The van der Waals surface area contributed by atoms with Gasteiger partial charge in [0.2, 0.25) is 0 Å². The molecule has 2 fully saturated rings. The van der Waals surface area contributed by atoms with Crippen LogP contribution in [-0.4, -0.2) is 57.6 Å². The summed E-state index contributed by atoms with van der Waals surface area (Å²) in [6.45, 7) is 7.95. The summed E-state index contributed by atoms with van der Waals surface area (Å²) in [7, 11) is 0. The minimum absolute atomic E-state index is 0.210. The van der Waals surface area contributed by atoms with E-state index < -0.39 is 35.1 Å². The molecule has 3 aromatic rings. The van der Waals surface area contributed by atoms with Gasteiger partial charge in [0.05, 0.1) is 31.0 Å². The van der Waals surface area contributed by atoms with E-state index in [4.69, 9.17) is 19.0 Å². The average Bonchev–Trinajstić information content (AvgIpc) is 3.26. The number of hydrogen-bond donors (Lipinski definition) is 1. The van der Waals surface area contributed by atoms with Gasteiger partial charge in [0.15, 0.2) is 11.5 Å². The first-order valence-corrected chi connectivity index (χ1v) is 12.9. The first-order chi connectivity index (χ1) is 18.6. The maximum Gasteiger partial charge on any atom is 0.408 e. The van der Waals surface area contributed by atoms with Crippen LogP contribution in [0.25, 0.3) is 5.65 Å². The van der Waals surface area contributed by atoms with Crippen molar-refractivity contribution in [3.8, 4) is 5.75 Å². The summed E-state index contributed by atoms with van der Waals surface area (Å²) in [6.07, 6.45) is 4.63. The van der Waals surface area contributed by atoms with Gasteiger partial charge in [-0.2, -0.15) is 5.10 Å². The molecule has 12 heteroatoms. The molecule has 1 aliphatic heterocycles. The number of benzene rings is 1. The molecule has 0 bridgehead atoms. The maximum atomic E-state index is 14.5. The van der Waals surface area contributed by atoms with Crippen molar-refractivity contribution in [1.82, 2.24) is 19.9 Å². The Bertz CT molecular complexity index is 1380. The average molecular weight is 542 g/mol. The van der Waals surface area contributed by atoms with Crippen molar-refractivity contribution in [2.45, 2.75) is 64.1 Å². The number of nitrogens with zero attached hydrogens (tertiary/aromatic N) is 4. The Kier molecular flexibility index (Phi) is 7.06. The van der Waals surface area contributed by atoms with E-state index in [1.807, 2.05) is 0 Å². The fourth-order valence-corrected chi connectivity index (χ4v) is 4.42. The molecule has 1 atom stereocenters. The van der Waals surface area contributed by atoms with E-state index in [9.17, 15) is 14.0 Å². The van der Waals surface area contributed by atoms with E-state index in [0.717, 1.165) is 12.8 Å². The second kappa shape index (κ2) is 10.3. The third kappa shape index (κ3) is 5.90. The molecule has 2 aromatic heterocycles. The summed E-state index contributed by atoms with van der Waals surface area (Å²) < 4.78 is 32.6. The van der Waals surface area contributed by atoms with Crippen LogP contribution in [0.3, 0.4) is 0 Å². The summed E-state index contributed by atoms with van der Waals surface area (Å²) >= 11 is 0. The van der Waals surface area contributed by atoms with Crippen molar-refractivity contribution >= 4 is 23.5 Å². The molecule has 1 saturated carbocycles. The number of alkyl carbamates (subject to hydrolysis) is 1. The van der Waals surface area contributed by atoms with Gasteiger partial charge in [0.25, 0.3) is 0 Å². The lowest BCUT2D eigenvalue weighted by atomic mass is 10.0. The normalized spacial score (nSPS) is 18.2. The number of halogens is 1. The monoisotopic (exact) mass is 541 g/mol. The Morgan fingerprint density at radius 2 is 2.05 bits per heavy atom. The lowest BCUT2D eigenvalue weighted by Gasteiger charge is -2.27. The van der Waals surface area contributed by atoms with Crippen LogP contribution >= 0.6 is 0 Å². The number of anilines is 1. The first-order valence-electron chi connectivity index (χ1n) is 12.9. The van der Waals surface area contributed by atoms with Gasteiger partial charge in [-0.1, -0.05) is 0 Å². The Morgan fingerprint density at radius 1 is 1.26 bits per heavy atom. The van der Waals surface area contributed by atoms with E-state index in [-0.39, 0.29) is 18.8 Å². The molecule has 3 heterocycles. The van der Waals surface area contributed by atoms with E-state index in [0.29, 0.717) is 35.8 Å². The van der Waals surface area contributed by atoms with Crippen molar-refractivity contribution in [2.75, 3.05) is 24.9 Å². The van der Waals surface area contributed by atoms with Crippen LogP contribution in [0.2, 0.25) is 0 Å². The number of rotatable bonds is 8. The van der Waals surface area contributed by atoms with Crippen LogP contribution in [0.15, 0.2) is 36.7 Å². The van der Waals surface area contributed by atoms with Gasteiger partial charge in [-0.05, 0) is 58.7 Å². The Labute approximate surface area is 225 Å². The minimum Gasteiger partial charge on any atom is -0.491 e. The highest BCUT2D eigenvalue weighted by Crippen LogP contribution is 2.41. The van der Waals surface area contributed by atoms with Gasteiger partial charge in [0, 0.05) is 24.2 Å². The highest BCUT2D eigenvalue weighted by atomic mass is 19.1. The number of carbonyl (C=O) groups is 2. The smallest absolute Gasteiger partial charge is 0.408 e. The zero-order valence-corrected chi connectivity index (χ0v) is 22.4. The number of ether oxygens (including phenoxy) is 3. The molecule has 1 aliphatic carbocycles. The third-order valence-electron chi connectivity index (χ3n) is 6.43. The summed E-state index contributed by atoms with van der Waals surface area (Å²) in [4.78, 5) is 35.2. The molecule has 1 aromatic carbocycles. The summed E-state index contributed by atoms with van der Waals surface area (Å²) in [5, 5.41) is 8.68. The third-order valence-corrected chi connectivity index (χ3v) is 6.43. The Hall–Kier alpha value is -3.93. The number of hydroxylamine groups is 1. The number of aromatic nitrogens is 3. The topological polar surface area (TPSA) is 117 Å². The van der Waals surface area contributed by atoms with Crippen molar-refractivity contribution in [3.63, 3.8) is 0 Å². The molecular formula is C27H32FN5O6. The van der Waals surface area contributed by atoms with Crippen LogP contribution < -0.4 is 15.1 Å². The number of nitrogens with one attached hydrogen (secondary N) is 1. The molecule has 1 unspecified atom stereocenters. The van der Waals surface area contributed by atoms with Crippen molar-refractivity contribution in [2.24, 2.45) is 0 Å². The molecule has 11 nitrogen and oxygen atoms in total. The Morgan fingerprint density at radius 3 is 2.77 bits per heavy atom. The lowest BCUT2D eigenvalue weighted by Crippen LogP contribution is -2.44.